The summed E-state index contributed by atoms with van der Waals surface area (Å²) in [5, 5.41) is 6.87. The Morgan fingerprint density at radius 1 is 1.35 bits per heavy atom. The van der Waals surface area contributed by atoms with E-state index < -0.39 is 0 Å². The molecule has 0 aromatic heterocycles. The molecule has 1 aromatic rings. The standard InChI is InChI=1S/C21H36N4O/c1-5-22-21(24-15-19-10-8-12-25(6-2)16-19)23-14-18(4)26-20-11-7-9-17(3)13-20/h7,9,11,13,18-19H,5-6,8,10,12,14-16H2,1-4H3,(H2,22,23,24). The summed E-state index contributed by atoms with van der Waals surface area (Å²) in [6.45, 7) is 14.6. The van der Waals surface area contributed by atoms with Gasteiger partial charge in [0.1, 0.15) is 11.9 Å². The summed E-state index contributed by atoms with van der Waals surface area (Å²) < 4.78 is 5.98. The minimum atomic E-state index is 0.0394. The first-order chi connectivity index (χ1) is 12.6. The molecule has 1 aliphatic rings. The fourth-order valence-electron chi connectivity index (χ4n) is 3.37. The van der Waals surface area contributed by atoms with Crippen LogP contribution in [0, 0.1) is 12.8 Å². The third kappa shape index (κ3) is 7.24. The number of nitrogens with zero attached hydrogens (tertiary/aromatic N) is 2. The summed E-state index contributed by atoms with van der Waals surface area (Å²) in [4.78, 5) is 7.25. The number of aliphatic imine (C=N–C) groups is 1. The van der Waals surface area contributed by atoms with Crippen molar-refractivity contribution in [3.63, 3.8) is 0 Å². The molecule has 1 saturated heterocycles. The first-order valence-corrected chi connectivity index (χ1v) is 10.1. The van der Waals surface area contributed by atoms with Crippen LogP contribution in [0.4, 0.5) is 0 Å². The molecule has 5 nitrogen and oxygen atoms in total. The van der Waals surface area contributed by atoms with E-state index >= 15 is 0 Å². The summed E-state index contributed by atoms with van der Waals surface area (Å²) in [6, 6.07) is 8.16. The number of hydrogen-bond donors (Lipinski definition) is 2. The molecule has 2 atom stereocenters. The predicted molar refractivity (Wildman–Crippen MR) is 110 cm³/mol. The number of hydrogen-bond acceptors (Lipinski definition) is 3. The van der Waals surface area contributed by atoms with E-state index in [4.69, 9.17) is 9.73 Å². The summed E-state index contributed by atoms with van der Waals surface area (Å²) in [5.41, 5.74) is 1.21. The van der Waals surface area contributed by atoms with E-state index in [-0.39, 0.29) is 6.10 Å². The van der Waals surface area contributed by atoms with Gasteiger partial charge >= 0.3 is 0 Å². The van der Waals surface area contributed by atoms with Crippen molar-refractivity contribution in [3.05, 3.63) is 29.8 Å². The molecule has 0 amide bonds. The van der Waals surface area contributed by atoms with Crippen LogP contribution in [0.15, 0.2) is 29.3 Å². The number of likely N-dealkylation sites (tertiary alicyclic amines) is 1. The minimum Gasteiger partial charge on any atom is -0.489 e. The molecule has 1 heterocycles. The van der Waals surface area contributed by atoms with Gasteiger partial charge in [0.2, 0.25) is 0 Å². The highest BCUT2D eigenvalue weighted by atomic mass is 16.5. The normalized spacial score (nSPS) is 19.8. The fourth-order valence-corrected chi connectivity index (χ4v) is 3.37. The van der Waals surface area contributed by atoms with Crippen LogP contribution in [0.1, 0.15) is 39.2 Å². The van der Waals surface area contributed by atoms with Gasteiger partial charge in [0.05, 0.1) is 6.54 Å². The van der Waals surface area contributed by atoms with Gasteiger partial charge < -0.3 is 20.3 Å². The number of piperidine rings is 1. The van der Waals surface area contributed by atoms with Crippen LogP contribution in [-0.2, 0) is 0 Å². The van der Waals surface area contributed by atoms with Crippen LogP contribution in [0.5, 0.6) is 5.75 Å². The molecule has 1 aromatic carbocycles. The number of benzene rings is 1. The molecule has 26 heavy (non-hydrogen) atoms. The second kappa shape index (κ2) is 11.1. The lowest BCUT2D eigenvalue weighted by Crippen LogP contribution is -2.44. The Labute approximate surface area is 159 Å². The molecule has 2 N–H and O–H groups in total. The van der Waals surface area contributed by atoms with Crippen molar-refractivity contribution in [1.82, 2.24) is 15.5 Å². The van der Waals surface area contributed by atoms with Crippen molar-refractivity contribution < 1.29 is 4.74 Å². The van der Waals surface area contributed by atoms with Crippen molar-refractivity contribution in [2.24, 2.45) is 10.9 Å². The zero-order valence-electron chi connectivity index (χ0n) is 16.9. The molecule has 0 radical (unpaired) electrons. The predicted octanol–water partition coefficient (Wildman–Crippen LogP) is 3.05. The zero-order valence-corrected chi connectivity index (χ0v) is 16.9. The van der Waals surface area contributed by atoms with E-state index in [0.29, 0.717) is 12.5 Å². The van der Waals surface area contributed by atoms with Gasteiger partial charge in [0.15, 0.2) is 5.96 Å². The lowest BCUT2D eigenvalue weighted by atomic mass is 9.98. The van der Waals surface area contributed by atoms with Crippen molar-refractivity contribution in [2.75, 3.05) is 39.3 Å². The van der Waals surface area contributed by atoms with Crippen LogP contribution in [-0.4, -0.2) is 56.2 Å². The maximum atomic E-state index is 5.98. The Hall–Kier alpha value is -1.75. The van der Waals surface area contributed by atoms with Gasteiger partial charge in [-0.25, -0.2) is 4.99 Å². The zero-order chi connectivity index (χ0) is 18.8. The summed E-state index contributed by atoms with van der Waals surface area (Å²) in [5.74, 6) is 2.50. The molecular formula is C21H36N4O. The molecule has 0 bridgehead atoms. The third-order valence-electron chi connectivity index (χ3n) is 4.79. The van der Waals surface area contributed by atoms with Crippen molar-refractivity contribution in [3.8, 4) is 5.75 Å². The first kappa shape index (κ1) is 20.6. The van der Waals surface area contributed by atoms with Crippen molar-refractivity contribution in [2.45, 2.75) is 46.6 Å². The van der Waals surface area contributed by atoms with Gasteiger partial charge in [-0.15, -0.1) is 0 Å². The SMILES string of the molecule is CCNC(=NCC(C)Oc1cccc(C)c1)NCC1CCCN(CC)C1. The second-order valence-electron chi connectivity index (χ2n) is 7.25. The molecule has 0 saturated carbocycles. The minimum absolute atomic E-state index is 0.0394. The second-order valence-corrected chi connectivity index (χ2v) is 7.25. The van der Waals surface area contributed by atoms with Gasteiger partial charge in [-0.2, -0.15) is 0 Å². The summed E-state index contributed by atoms with van der Waals surface area (Å²) >= 11 is 0. The Morgan fingerprint density at radius 2 is 2.19 bits per heavy atom. The molecule has 5 heteroatoms. The van der Waals surface area contributed by atoms with E-state index in [1.807, 2.05) is 12.1 Å². The van der Waals surface area contributed by atoms with Gasteiger partial charge in [0.25, 0.3) is 0 Å². The number of nitrogens with one attached hydrogen (secondary N) is 2. The molecule has 1 fully saturated rings. The van der Waals surface area contributed by atoms with Crippen molar-refractivity contribution >= 4 is 5.96 Å². The number of aryl methyl sites for hydroxylation is 1. The molecule has 1 aliphatic heterocycles. The van der Waals surface area contributed by atoms with Crippen molar-refractivity contribution in [1.29, 1.82) is 0 Å². The molecule has 0 aliphatic carbocycles. The molecule has 0 spiro atoms. The maximum absolute atomic E-state index is 5.98. The average Bonchev–Trinajstić information content (AvgIpc) is 2.64. The quantitative estimate of drug-likeness (QED) is 0.553. The fraction of sp³-hybridized carbons (Fsp3) is 0.667. The summed E-state index contributed by atoms with van der Waals surface area (Å²) in [6.07, 6.45) is 2.64. The van der Waals surface area contributed by atoms with Crippen LogP contribution in [0.25, 0.3) is 0 Å². The van der Waals surface area contributed by atoms with E-state index in [9.17, 15) is 0 Å². The average molecular weight is 361 g/mol. The highest BCUT2D eigenvalue weighted by Gasteiger charge is 2.18. The highest BCUT2D eigenvalue weighted by Crippen LogP contribution is 2.15. The third-order valence-corrected chi connectivity index (χ3v) is 4.79. The van der Waals surface area contributed by atoms with Gasteiger partial charge in [-0.3, -0.25) is 0 Å². The Morgan fingerprint density at radius 3 is 2.92 bits per heavy atom. The van der Waals surface area contributed by atoms with Crippen LogP contribution in [0.2, 0.25) is 0 Å². The lowest BCUT2D eigenvalue weighted by Gasteiger charge is -2.32. The van der Waals surface area contributed by atoms with E-state index in [0.717, 1.165) is 31.3 Å². The number of ether oxygens (including phenoxy) is 1. The Kier molecular flexibility index (Phi) is 8.75. The molecule has 146 valence electrons. The molecule has 2 rings (SSSR count). The van der Waals surface area contributed by atoms with Crippen LogP contribution in [0.3, 0.4) is 0 Å². The first-order valence-electron chi connectivity index (χ1n) is 10.1. The number of rotatable bonds is 8. The van der Waals surface area contributed by atoms with Crippen LogP contribution >= 0.6 is 0 Å². The largest absolute Gasteiger partial charge is 0.489 e. The van der Waals surface area contributed by atoms with Gasteiger partial charge in [-0.1, -0.05) is 19.1 Å². The maximum Gasteiger partial charge on any atom is 0.191 e. The van der Waals surface area contributed by atoms with Gasteiger partial charge in [0, 0.05) is 19.6 Å². The Balaban J connectivity index is 1.81. The smallest absolute Gasteiger partial charge is 0.191 e. The van der Waals surface area contributed by atoms with E-state index in [1.165, 1.54) is 31.5 Å². The monoisotopic (exact) mass is 360 g/mol. The van der Waals surface area contributed by atoms with E-state index in [1.54, 1.807) is 0 Å². The Bertz CT molecular complexity index is 561. The van der Waals surface area contributed by atoms with Crippen LogP contribution < -0.4 is 15.4 Å². The molecular weight excluding hydrogens is 324 g/mol. The highest BCUT2D eigenvalue weighted by molar-refractivity contribution is 5.79. The lowest BCUT2D eigenvalue weighted by molar-refractivity contribution is 0.183. The summed E-state index contributed by atoms with van der Waals surface area (Å²) in [7, 11) is 0. The topological polar surface area (TPSA) is 48.9 Å². The number of guanidine groups is 1. The van der Waals surface area contributed by atoms with Gasteiger partial charge in [-0.05, 0) is 70.3 Å². The molecule has 2 unspecified atom stereocenters. The van der Waals surface area contributed by atoms with E-state index in [2.05, 4.69) is 55.4 Å².